The van der Waals surface area contributed by atoms with Gasteiger partial charge in [0.05, 0.1) is 0 Å². The van der Waals surface area contributed by atoms with Gasteiger partial charge in [0.2, 0.25) is 0 Å². The van der Waals surface area contributed by atoms with Crippen LogP contribution < -0.4 is 0 Å². The van der Waals surface area contributed by atoms with Gasteiger partial charge in [-0.2, -0.15) is 0 Å². The largest absolute Gasteiger partial charge is 0.397 e. The maximum absolute atomic E-state index is 7.57. The van der Waals surface area contributed by atoms with Crippen LogP contribution in [0.5, 0.6) is 0 Å². The van der Waals surface area contributed by atoms with E-state index in [1.807, 2.05) is 0 Å². The topological polar surface area (TPSA) is 57.2 Å². The zero-order chi connectivity index (χ0) is 18.7. The van der Waals surface area contributed by atoms with Crippen LogP contribution in [0.2, 0.25) is 0 Å². The molecular weight excluding hydrogens is 344 g/mol. The SMILES string of the molecule is CCCCOC(CC)C([O][Ti])(OCCCC)OCCCC.CCO. The first kappa shape index (κ1) is 26.7. The average molecular weight is 383 g/mol. The van der Waals surface area contributed by atoms with Crippen molar-refractivity contribution in [3.63, 3.8) is 0 Å². The van der Waals surface area contributed by atoms with E-state index in [-0.39, 0.29) is 12.7 Å². The van der Waals surface area contributed by atoms with Gasteiger partial charge in [-0.25, -0.2) is 0 Å². The Morgan fingerprint density at radius 2 is 1.25 bits per heavy atom. The fraction of sp³-hybridized carbons (Fsp3) is 1.00. The molecule has 0 spiro atoms. The van der Waals surface area contributed by atoms with E-state index in [0.29, 0.717) is 19.8 Å². The molecule has 0 aromatic heterocycles. The standard InChI is InChI=1S/C16H33O4.C2H6O.Ti/c1-5-9-12-18-15(8-4)16(17,19-13-10-6-2)20-14-11-7-3;1-2-3;/h15H,5-14H2,1-4H3;3H,2H2,1H3;/q-1;;+1. The second-order valence-electron chi connectivity index (χ2n) is 5.55. The minimum atomic E-state index is -1.06. The van der Waals surface area contributed by atoms with Gasteiger partial charge in [-0.15, -0.1) is 0 Å². The molecule has 0 aliphatic heterocycles. The molecule has 0 aliphatic rings. The zero-order valence-corrected chi connectivity index (χ0v) is 18.0. The fourth-order valence-electron chi connectivity index (χ4n) is 1.91. The van der Waals surface area contributed by atoms with Crippen molar-refractivity contribution in [3.05, 3.63) is 0 Å². The predicted molar refractivity (Wildman–Crippen MR) is 93.2 cm³/mol. The zero-order valence-electron chi connectivity index (χ0n) is 16.4. The van der Waals surface area contributed by atoms with Crippen molar-refractivity contribution >= 4 is 0 Å². The molecule has 0 rings (SSSR count). The minimum Gasteiger partial charge on any atom is -0.397 e. The summed E-state index contributed by atoms with van der Waals surface area (Å²) in [6.45, 7) is 12.4. The van der Waals surface area contributed by atoms with E-state index in [0.717, 1.165) is 44.9 Å². The summed E-state index contributed by atoms with van der Waals surface area (Å²) in [5, 5.41) is 7.57. The van der Waals surface area contributed by atoms with Gasteiger partial charge >= 0.3 is 143 Å². The maximum atomic E-state index is 7.57. The van der Waals surface area contributed by atoms with Gasteiger partial charge in [0.1, 0.15) is 0 Å². The van der Waals surface area contributed by atoms with E-state index in [2.05, 4.69) is 27.7 Å². The molecule has 145 valence electrons. The number of ether oxygens (including phenoxy) is 3. The second kappa shape index (κ2) is 19.8. The van der Waals surface area contributed by atoms with Gasteiger partial charge in [0, 0.05) is 6.61 Å². The first-order valence-corrected chi connectivity index (χ1v) is 10.1. The van der Waals surface area contributed by atoms with Crippen LogP contribution in [0.15, 0.2) is 0 Å². The van der Waals surface area contributed by atoms with E-state index >= 15 is 0 Å². The first-order valence-electron chi connectivity index (χ1n) is 9.47. The van der Waals surface area contributed by atoms with E-state index in [4.69, 9.17) is 22.6 Å². The van der Waals surface area contributed by atoms with Crippen molar-refractivity contribution in [1.29, 1.82) is 0 Å². The predicted octanol–water partition coefficient (Wildman–Crippen LogP) is 4.35. The van der Waals surface area contributed by atoms with Gasteiger partial charge in [-0.1, -0.05) is 0 Å². The Morgan fingerprint density at radius 3 is 1.58 bits per heavy atom. The third-order valence-electron chi connectivity index (χ3n) is 3.33. The average Bonchev–Trinajstić information content (AvgIpc) is 2.59. The Kier molecular flexibility index (Phi) is 22.1. The molecule has 0 aromatic carbocycles. The van der Waals surface area contributed by atoms with Crippen molar-refractivity contribution < 1.29 is 43.5 Å². The molecule has 1 unspecified atom stereocenters. The fourth-order valence-corrected chi connectivity index (χ4v) is 2.30. The number of aliphatic hydroxyl groups is 1. The molecule has 0 aliphatic carbocycles. The Balaban J connectivity index is 0. The molecule has 5 nitrogen and oxygen atoms in total. The molecule has 1 N–H and O–H groups in total. The van der Waals surface area contributed by atoms with Crippen LogP contribution in [0.25, 0.3) is 0 Å². The van der Waals surface area contributed by atoms with E-state index in [1.54, 1.807) is 27.7 Å². The summed E-state index contributed by atoms with van der Waals surface area (Å²) < 4.78 is 23.6. The van der Waals surface area contributed by atoms with Crippen LogP contribution in [0.1, 0.15) is 79.6 Å². The van der Waals surface area contributed by atoms with Crippen molar-refractivity contribution in [3.8, 4) is 0 Å². The smallest absolute Gasteiger partial charge is 0.0402 e. The van der Waals surface area contributed by atoms with E-state index in [9.17, 15) is 0 Å². The van der Waals surface area contributed by atoms with Crippen molar-refractivity contribution in [2.75, 3.05) is 26.4 Å². The first-order chi connectivity index (χ1) is 11.6. The molecule has 0 saturated heterocycles. The minimum absolute atomic E-state index is 0.192. The second-order valence-corrected chi connectivity index (χ2v) is 5.87. The van der Waals surface area contributed by atoms with Gasteiger partial charge in [0.15, 0.2) is 0 Å². The summed E-state index contributed by atoms with van der Waals surface area (Å²) in [7, 11) is 0. The summed E-state index contributed by atoms with van der Waals surface area (Å²) in [6.07, 6.45) is 6.92. The van der Waals surface area contributed by atoms with Crippen molar-refractivity contribution in [2.45, 2.75) is 91.6 Å². The third kappa shape index (κ3) is 12.8. The quantitative estimate of drug-likeness (QED) is 0.259. The molecular formula is C18H39O5Ti. The van der Waals surface area contributed by atoms with Crippen LogP contribution in [0.3, 0.4) is 0 Å². The summed E-state index contributed by atoms with van der Waals surface area (Å²) >= 11 is 1.64. The van der Waals surface area contributed by atoms with Crippen LogP contribution in [-0.4, -0.2) is 43.6 Å². The summed E-state index contributed by atoms with van der Waals surface area (Å²) in [4.78, 5) is 0. The molecule has 0 heterocycles. The molecule has 1 atom stereocenters. The molecule has 0 bridgehead atoms. The number of hydrogen-bond acceptors (Lipinski definition) is 5. The van der Waals surface area contributed by atoms with E-state index in [1.165, 1.54) is 0 Å². The molecule has 0 amide bonds. The summed E-state index contributed by atoms with van der Waals surface area (Å²) in [6, 6.07) is 0. The van der Waals surface area contributed by atoms with Crippen LogP contribution in [0, 0.1) is 0 Å². The molecule has 0 aromatic rings. The normalized spacial score (nSPS) is 12.5. The molecule has 0 saturated carbocycles. The third-order valence-corrected chi connectivity index (χ3v) is 3.77. The van der Waals surface area contributed by atoms with Crippen LogP contribution in [-0.2, 0) is 38.4 Å². The monoisotopic (exact) mass is 383 g/mol. The van der Waals surface area contributed by atoms with Crippen LogP contribution >= 0.6 is 0 Å². The number of unbranched alkanes of at least 4 members (excludes halogenated alkanes) is 3. The molecule has 24 heavy (non-hydrogen) atoms. The number of rotatable bonds is 15. The van der Waals surface area contributed by atoms with Gasteiger partial charge in [-0.3, -0.25) is 0 Å². The molecule has 6 heteroatoms. The molecule has 0 fully saturated rings. The summed E-state index contributed by atoms with van der Waals surface area (Å²) in [5.41, 5.74) is 0. The van der Waals surface area contributed by atoms with Gasteiger partial charge in [-0.05, 0) is 6.92 Å². The van der Waals surface area contributed by atoms with Gasteiger partial charge in [0.25, 0.3) is 0 Å². The Morgan fingerprint density at radius 1 is 0.833 bits per heavy atom. The number of hydrogen-bond donors (Lipinski definition) is 1. The van der Waals surface area contributed by atoms with Gasteiger partial charge < -0.3 is 5.11 Å². The van der Waals surface area contributed by atoms with Crippen molar-refractivity contribution in [2.24, 2.45) is 0 Å². The van der Waals surface area contributed by atoms with E-state index < -0.39 is 5.97 Å². The van der Waals surface area contributed by atoms with Crippen LogP contribution in [0.4, 0.5) is 0 Å². The van der Waals surface area contributed by atoms with Crippen molar-refractivity contribution in [1.82, 2.24) is 0 Å². The number of aliphatic hydroxyl groups excluding tert-OH is 1. The maximum Gasteiger partial charge on any atom is 0.0402 e. The molecule has 0 radical (unpaired) electrons. The summed E-state index contributed by atoms with van der Waals surface area (Å²) in [5.74, 6) is -1.06. The Bertz CT molecular complexity index is 231. The Labute approximate surface area is 161 Å². The Hall–Kier alpha value is 0.514.